The molecule has 2 aliphatic heterocycles. The predicted octanol–water partition coefficient (Wildman–Crippen LogP) is 4.88. The lowest BCUT2D eigenvalue weighted by Crippen LogP contribution is -2.36. The zero-order valence-corrected chi connectivity index (χ0v) is 10.5. The van der Waals surface area contributed by atoms with Gasteiger partial charge in [0.15, 0.2) is 6.71 Å². The molecule has 0 aromatic rings. The molecule has 2 aliphatic rings. The molecule has 15 heavy (non-hydrogen) atoms. The third kappa shape index (κ3) is 2.32. The highest BCUT2D eigenvalue weighted by Crippen LogP contribution is 2.49. The Bertz CT molecular complexity index is 209. The van der Waals surface area contributed by atoms with Crippen molar-refractivity contribution in [3.05, 3.63) is 11.5 Å². The molecule has 2 bridgehead atoms. The van der Waals surface area contributed by atoms with Crippen LogP contribution in [-0.4, -0.2) is 6.71 Å². The summed E-state index contributed by atoms with van der Waals surface area (Å²) in [5.74, 6) is 2.10. The van der Waals surface area contributed by atoms with E-state index >= 15 is 0 Å². The average molecular weight is 204 g/mol. The summed E-state index contributed by atoms with van der Waals surface area (Å²) in [5, 5.41) is 0. The van der Waals surface area contributed by atoms with Gasteiger partial charge in [-0.05, 0) is 12.8 Å². The summed E-state index contributed by atoms with van der Waals surface area (Å²) in [5.41, 5.74) is 1.80. The fraction of sp³-hybridized carbons (Fsp3) is 0.857. The van der Waals surface area contributed by atoms with Crippen molar-refractivity contribution in [2.45, 2.75) is 76.8 Å². The Morgan fingerprint density at radius 1 is 1.07 bits per heavy atom. The lowest BCUT2D eigenvalue weighted by molar-refractivity contribution is 0.445. The summed E-state index contributed by atoms with van der Waals surface area (Å²) in [4.78, 5) is 0. The SMILES string of the molecule is CC/C=C(\CC)B1C2CCCC1CCC2. The van der Waals surface area contributed by atoms with Crippen LogP contribution in [0.2, 0.25) is 11.6 Å². The molecule has 2 rings (SSSR count). The lowest BCUT2D eigenvalue weighted by atomic mass is 9.24. The Hall–Kier alpha value is -0.195. The average Bonchev–Trinajstić information content (AvgIpc) is 2.25. The van der Waals surface area contributed by atoms with Crippen molar-refractivity contribution >= 4 is 6.71 Å². The van der Waals surface area contributed by atoms with E-state index in [0.29, 0.717) is 0 Å². The molecule has 0 amide bonds. The zero-order valence-electron chi connectivity index (χ0n) is 10.5. The van der Waals surface area contributed by atoms with Gasteiger partial charge in [-0.15, -0.1) is 5.47 Å². The Morgan fingerprint density at radius 2 is 1.60 bits per heavy atom. The summed E-state index contributed by atoms with van der Waals surface area (Å²) in [6.07, 6.45) is 14.1. The molecule has 0 aliphatic carbocycles. The maximum Gasteiger partial charge on any atom is 0.176 e. The van der Waals surface area contributed by atoms with Crippen molar-refractivity contribution in [2.24, 2.45) is 0 Å². The molecule has 0 aromatic carbocycles. The van der Waals surface area contributed by atoms with E-state index in [-0.39, 0.29) is 0 Å². The molecule has 0 unspecified atom stereocenters. The Balaban J connectivity index is 2.14. The van der Waals surface area contributed by atoms with Gasteiger partial charge < -0.3 is 0 Å². The van der Waals surface area contributed by atoms with Gasteiger partial charge in [0.05, 0.1) is 0 Å². The van der Waals surface area contributed by atoms with Crippen molar-refractivity contribution in [2.75, 3.05) is 0 Å². The molecule has 0 nitrogen and oxygen atoms in total. The first-order chi connectivity index (χ1) is 7.36. The third-order valence-electron chi connectivity index (χ3n) is 4.62. The van der Waals surface area contributed by atoms with Crippen LogP contribution >= 0.6 is 0 Å². The van der Waals surface area contributed by atoms with E-state index in [1.54, 1.807) is 5.47 Å². The first-order valence-electron chi connectivity index (χ1n) is 7.05. The monoisotopic (exact) mass is 204 g/mol. The van der Waals surface area contributed by atoms with E-state index in [2.05, 4.69) is 19.9 Å². The molecular weight excluding hydrogens is 179 g/mol. The van der Waals surface area contributed by atoms with Gasteiger partial charge in [0.2, 0.25) is 0 Å². The van der Waals surface area contributed by atoms with Crippen LogP contribution in [0.15, 0.2) is 11.5 Å². The maximum atomic E-state index is 2.53. The molecule has 0 atom stereocenters. The van der Waals surface area contributed by atoms with Crippen LogP contribution in [0.1, 0.15) is 65.2 Å². The quantitative estimate of drug-likeness (QED) is 0.575. The molecule has 0 radical (unpaired) electrons. The zero-order chi connectivity index (χ0) is 10.7. The van der Waals surface area contributed by atoms with Crippen molar-refractivity contribution in [1.82, 2.24) is 0 Å². The molecule has 0 N–H and O–H groups in total. The summed E-state index contributed by atoms with van der Waals surface area (Å²) in [6, 6.07) is 0. The molecule has 84 valence electrons. The first-order valence-corrected chi connectivity index (χ1v) is 7.05. The minimum atomic E-state index is 0.984. The Labute approximate surface area is 95.6 Å². The van der Waals surface area contributed by atoms with Crippen molar-refractivity contribution < 1.29 is 0 Å². The van der Waals surface area contributed by atoms with Gasteiger partial charge >= 0.3 is 0 Å². The largest absolute Gasteiger partial charge is 0.176 e. The maximum absolute atomic E-state index is 2.53. The Morgan fingerprint density at radius 3 is 2.00 bits per heavy atom. The highest BCUT2D eigenvalue weighted by Gasteiger charge is 2.40. The van der Waals surface area contributed by atoms with Gasteiger partial charge in [-0.2, -0.15) is 0 Å². The minimum absolute atomic E-state index is 0.984. The summed E-state index contributed by atoms with van der Waals surface area (Å²) >= 11 is 0. The fourth-order valence-corrected chi connectivity index (χ4v) is 4.06. The highest BCUT2D eigenvalue weighted by molar-refractivity contribution is 6.70. The summed E-state index contributed by atoms with van der Waals surface area (Å²) in [7, 11) is 0. The van der Waals surface area contributed by atoms with Crippen LogP contribution in [0.5, 0.6) is 0 Å². The van der Waals surface area contributed by atoms with Gasteiger partial charge in [0.1, 0.15) is 0 Å². The number of hydrogen-bond donors (Lipinski definition) is 0. The van der Waals surface area contributed by atoms with Gasteiger partial charge in [-0.1, -0.05) is 70.1 Å². The van der Waals surface area contributed by atoms with Crippen LogP contribution in [0, 0.1) is 0 Å². The van der Waals surface area contributed by atoms with E-state index in [1.165, 1.54) is 51.4 Å². The van der Waals surface area contributed by atoms with Crippen LogP contribution in [0.3, 0.4) is 0 Å². The van der Waals surface area contributed by atoms with Gasteiger partial charge in [-0.3, -0.25) is 0 Å². The molecule has 2 fully saturated rings. The number of hydrogen-bond acceptors (Lipinski definition) is 0. The predicted molar refractivity (Wildman–Crippen MR) is 69.6 cm³/mol. The minimum Gasteiger partial charge on any atom is -0.105 e. The van der Waals surface area contributed by atoms with Gasteiger partial charge in [-0.25, -0.2) is 0 Å². The Kier molecular flexibility index (Phi) is 3.94. The van der Waals surface area contributed by atoms with E-state index < -0.39 is 0 Å². The van der Waals surface area contributed by atoms with Crippen LogP contribution < -0.4 is 0 Å². The van der Waals surface area contributed by atoms with Crippen LogP contribution in [-0.2, 0) is 0 Å². The van der Waals surface area contributed by atoms with Gasteiger partial charge in [0.25, 0.3) is 0 Å². The van der Waals surface area contributed by atoms with Gasteiger partial charge in [0, 0.05) is 0 Å². The summed E-state index contributed by atoms with van der Waals surface area (Å²) in [6.45, 7) is 5.62. The van der Waals surface area contributed by atoms with E-state index in [4.69, 9.17) is 0 Å². The number of rotatable bonds is 3. The standard InChI is InChI=1S/C14H25B/c1-3-7-12(4-2)15-13-8-5-9-14(15)11-6-10-13/h7,13-14H,3-6,8-11H2,1-2H3/b12-7+. The second-order valence-corrected chi connectivity index (χ2v) is 5.45. The summed E-state index contributed by atoms with van der Waals surface area (Å²) < 4.78 is 0. The van der Waals surface area contributed by atoms with E-state index in [0.717, 1.165) is 18.3 Å². The molecule has 0 aromatic heterocycles. The number of fused-ring (bicyclic) bond motifs is 2. The first kappa shape index (κ1) is 11.3. The van der Waals surface area contributed by atoms with E-state index in [1.807, 2.05) is 0 Å². The molecule has 0 saturated carbocycles. The second-order valence-electron chi connectivity index (χ2n) is 5.45. The van der Waals surface area contributed by atoms with Crippen molar-refractivity contribution in [1.29, 1.82) is 0 Å². The molecule has 1 heteroatoms. The lowest BCUT2D eigenvalue weighted by Gasteiger charge is -2.41. The third-order valence-corrected chi connectivity index (χ3v) is 4.62. The van der Waals surface area contributed by atoms with Crippen LogP contribution in [0.25, 0.3) is 0 Å². The molecular formula is C14H25B. The normalized spacial score (nSPS) is 31.9. The highest BCUT2D eigenvalue weighted by atomic mass is 14.3. The van der Waals surface area contributed by atoms with Crippen molar-refractivity contribution in [3.63, 3.8) is 0 Å². The molecule has 2 heterocycles. The second kappa shape index (κ2) is 5.23. The number of allylic oxidation sites excluding steroid dienone is 2. The van der Waals surface area contributed by atoms with Crippen LogP contribution in [0.4, 0.5) is 0 Å². The van der Waals surface area contributed by atoms with Crippen molar-refractivity contribution in [3.8, 4) is 0 Å². The topological polar surface area (TPSA) is 0 Å². The molecule has 0 spiro atoms. The van der Waals surface area contributed by atoms with E-state index in [9.17, 15) is 0 Å². The fourth-order valence-electron chi connectivity index (χ4n) is 4.06. The smallest absolute Gasteiger partial charge is 0.105 e. The molecule has 2 saturated heterocycles.